The molecule has 2 heterocycles. The lowest BCUT2D eigenvalue weighted by molar-refractivity contribution is 0.00597. The van der Waals surface area contributed by atoms with Gasteiger partial charge < -0.3 is 9.30 Å². The van der Waals surface area contributed by atoms with Crippen molar-refractivity contribution in [2.75, 3.05) is 6.61 Å². The number of aromatic nitrogens is 2. The van der Waals surface area contributed by atoms with Gasteiger partial charge in [-0.2, -0.15) is 0 Å². The van der Waals surface area contributed by atoms with Crippen molar-refractivity contribution in [3.8, 4) is 0 Å². The molecule has 13 heavy (non-hydrogen) atoms. The first-order valence-electron chi connectivity index (χ1n) is 4.94. The second-order valence-corrected chi connectivity index (χ2v) is 3.70. The van der Waals surface area contributed by atoms with Crippen LogP contribution in [0.5, 0.6) is 0 Å². The highest BCUT2D eigenvalue weighted by Crippen LogP contribution is 2.14. The second-order valence-electron chi connectivity index (χ2n) is 3.70. The Labute approximate surface area is 78.7 Å². The van der Waals surface area contributed by atoms with E-state index in [-0.39, 0.29) is 0 Å². The van der Waals surface area contributed by atoms with Crippen LogP contribution in [0.4, 0.5) is 0 Å². The molecule has 2 rings (SSSR count). The molecule has 0 saturated carbocycles. The Morgan fingerprint density at radius 3 is 3.15 bits per heavy atom. The van der Waals surface area contributed by atoms with Crippen LogP contribution in [-0.4, -0.2) is 22.3 Å². The Morgan fingerprint density at radius 2 is 2.54 bits per heavy atom. The van der Waals surface area contributed by atoms with Gasteiger partial charge in [-0.25, -0.2) is 4.98 Å². The summed E-state index contributed by atoms with van der Waals surface area (Å²) in [6.07, 6.45) is 8.07. The molecular weight excluding hydrogens is 164 g/mol. The van der Waals surface area contributed by atoms with Crippen molar-refractivity contribution in [1.29, 1.82) is 0 Å². The van der Waals surface area contributed by atoms with E-state index in [1.54, 1.807) is 0 Å². The van der Waals surface area contributed by atoms with E-state index in [2.05, 4.69) is 15.7 Å². The predicted molar refractivity (Wildman–Crippen MR) is 50.6 cm³/mol. The standard InChI is InChI=1S/C10H16N2O/c1-9-6-12(8-11-9)7-10-4-2-3-5-13-10/h6,8,10H,2-5,7H2,1H3. The summed E-state index contributed by atoms with van der Waals surface area (Å²) >= 11 is 0. The maximum Gasteiger partial charge on any atom is 0.0950 e. The molecule has 0 spiro atoms. The molecular formula is C10H16N2O. The smallest absolute Gasteiger partial charge is 0.0950 e. The molecule has 0 aliphatic carbocycles. The van der Waals surface area contributed by atoms with Crippen molar-refractivity contribution < 1.29 is 4.74 Å². The third-order valence-corrected chi connectivity index (χ3v) is 2.45. The number of aryl methyl sites for hydroxylation is 1. The van der Waals surface area contributed by atoms with E-state index in [1.165, 1.54) is 19.3 Å². The van der Waals surface area contributed by atoms with Crippen LogP contribution in [0.25, 0.3) is 0 Å². The minimum absolute atomic E-state index is 0.405. The molecule has 1 atom stereocenters. The van der Waals surface area contributed by atoms with Crippen molar-refractivity contribution >= 4 is 0 Å². The van der Waals surface area contributed by atoms with Gasteiger partial charge in [0.05, 0.1) is 18.1 Å². The first-order valence-corrected chi connectivity index (χ1v) is 4.94. The molecule has 0 bridgehead atoms. The third-order valence-electron chi connectivity index (χ3n) is 2.45. The summed E-state index contributed by atoms with van der Waals surface area (Å²) in [5.41, 5.74) is 1.08. The molecule has 1 saturated heterocycles. The zero-order chi connectivity index (χ0) is 9.10. The lowest BCUT2D eigenvalue weighted by Gasteiger charge is -2.22. The van der Waals surface area contributed by atoms with E-state index in [4.69, 9.17) is 4.74 Å². The molecule has 0 amide bonds. The van der Waals surface area contributed by atoms with E-state index in [1.807, 2.05) is 13.3 Å². The lowest BCUT2D eigenvalue weighted by atomic mass is 10.1. The van der Waals surface area contributed by atoms with Crippen LogP contribution < -0.4 is 0 Å². The van der Waals surface area contributed by atoms with E-state index in [9.17, 15) is 0 Å². The van der Waals surface area contributed by atoms with Crippen LogP contribution in [0, 0.1) is 6.92 Å². The van der Waals surface area contributed by atoms with Crippen LogP contribution >= 0.6 is 0 Å². The van der Waals surface area contributed by atoms with Gasteiger partial charge in [0.1, 0.15) is 0 Å². The summed E-state index contributed by atoms with van der Waals surface area (Å²) < 4.78 is 7.76. The maximum absolute atomic E-state index is 5.64. The Hall–Kier alpha value is -0.830. The Balaban J connectivity index is 1.89. The van der Waals surface area contributed by atoms with Gasteiger partial charge in [-0.05, 0) is 26.2 Å². The molecule has 3 heteroatoms. The summed E-state index contributed by atoms with van der Waals surface area (Å²) in [6.45, 7) is 3.90. The fourth-order valence-corrected chi connectivity index (χ4v) is 1.76. The quantitative estimate of drug-likeness (QED) is 0.693. The molecule has 0 radical (unpaired) electrons. The first kappa shape index (κ1) is 8.75. The predicted octanol–water partition coefficient (Wildman–Crippen LogP) is 1.76. The highest BCUT2D eigenvalue weighted by molar-refractivity contribution is 4.92. The van der Waals surface area contributed by atoms with Crippen molar-refractivity contribution in [3.05, 3.63) is 18.2 Å². The molecule has 1 aliphatic rings. The molecule has 1 fully saturated rings. The molecule has 0 N–H and O–H groups in total. The number of rotatable bonds is 2. The minimum Gasteiger partial charge on any atom is -0.376 e. The number of hydrogen-bond acceptors (Lipinski definition) is 2. The van der Waals surface area contributed by atoms with Crippen molar-refractivity contribution in [3.63, 3.8) is 0 Å². The van der Waals surface area contributed by atoms with Crippen LogP contribution in [0.2, 0.25) is 0 Å². The second kappa shape index (κ2) is 3.92. The molecule has 0 aromatic carbocycles. The summed E-state index contributed by atoms with van der Waals surface area (Å²) in [7, 11) is 0. The van der Waals surface area contributed by atoms with Crippen molar-refractivity contribution in [1.82, 2.24) is 9.55 Å². The number of nitrogens with zero attached hydrogens (tertiary/aromatic N) is 2. The van der Waals surface area contributed by atoms with Gasteiger partial charge in [0, 0.05) is 19.3 Å². The zero-order valence-corrected chi connectivity index (χ0v) is 8.07. The Bertz CT molecular complexity index is 264. The number of ether oxygens (including phenoxy) is 1. The third kappa shape index (κ3) is 2.31. The monoisotopic (exact) mass is 180 g/mol. The van der Waals surface area contributed by atoms with E-state index in [0.29, 0.717) is 6.10 Å². The molecule has 1 aliphatic heterocycles. The van der Waals surface area contributed by atoms with Gasteiger partial charge in [0.15, 0.2) is 0 Å². The summed E-state index contributed by atoms with van der Waals surface area (Å²) in [5, 5.41) is 0. The van der Waals surface area contributed by atoms with E-state index < -0.39 is 0 Å². The normalized spacial score (nSPS) is 23.3. The van der Waals surface area contributed by atoms with Gasteiger partial charge in [0.2, 0.25) is 0 Å². The largest absolute Gasteiger partial charge is 0.376 e. The van der Waals surface area contributed by atoms with E-state index in [0.717, 1.165) is 18.8 Å². The molecule has 3 nitrogen and oxygen atoms in total. The number of hydrogen-bond donors (Lipinski definition) is 0. The topological polar surface area (TPSA) is 27.1 Å². The zero-order valence-electron chi connectivity index (χ0n) is 8.07. The van der Waals surface area contributed by atoms with Crippen molar-refractivity contribution in [2.24, 2.45) is 0 Å². The van der Waals surface area contributed by atoms with Gasteiger partial charge in [-0.1, -0.05) is 0 Å². The van der Waals surface area contributed by atoms with Crippen molar-refractivity contribution in [2.45, 2.75) is 38.8 Å². The Morgan fingerprint density at radius 1 is 1.62 bits per heavy atom. The number of imidazole rings is 1. The fraction of sp³-hybridized carbons (Fsp3) is 0.700. The molecule has 72 valence electrons. The van der Waals surface area contributed by atoms with Gasteiger partial charge in [-0.3, -0.25) is 0 Å². The first-order chi connectivity index (χ1) is 6.34. The summed E-state index contributed by atoms with van der Waals surface area (Å²) in [4.78, 5) is 4.19. The fourth-order valence-electron chi connectivity index (χ4n) is 1.76. The highest BCUT2D eigenvalue weighted by atomic mass is 16.5. The van der Waals surface area contributed by atoms with Gasteiger partial charge in [-0.15, -0.1) is 0 Å². The Kier molecular flexibility index (Phi) is 2.64. The average molecular weight is 180 g/mol. The van der Waals surface area contributed by atoms with Gasteiger partial charge in [0.25, 0.3) is 0 Å². The van der Waals surface area contributed by atoms with Crippen LogP contribution in [-0.2, 0) is 11.3 Å². The SMILES string of the molecule is Cc1cn(CC2CCCCO2)cn1. The van der Waals surface area contributed by atoms with Crippen LogP contribution in [0.1, 0.15) is 25.0 Å². The summed E-state index contributed by atoms with van der Waals surface area (Å²) in [5.74, 6) is 0. The minimum atomic E-state index is 0.405. The van der Waals surface area contributed by atoms with Crippen LogP contribution in [0.15, 0.2) is 12.5 Å². The molecule has 1 aromatic rings. The lowest BCUT2D eigenvalue weighted by Crippen LogP contribution is -2.23. The van der Waals surface area contributed by atoms with Crippen LogP contribution in [0.3, 0.4) is 0 Å². The summed E-state index contributed by atoms with van der Waals surface area (Å²) in [6, 6.07) is 0. The molecule has 1 unspecified atom stereocenters. The van der Waals surface area contributed by atoms with E-state index >= 15 is 0 Å². The maximum atomic E-state index is 5.64. The van der Waals surface area contributed by atoms with Gasteiger partial charge >= 0.3 is 0 Å². The molecule has 1 aromatic heterocycles. The average Bonchev–Trinajstić information content (AvgIpc) is 2.53. The highest BCUT2D eigenvalue weighted by Gasteiger charge is 2.13.